The lowest BCUT2D eigenvalue weighted by molar-refractivity contribution is 0.0934. The SMILES string of the molecule is O=C(NCCCOCc1ccccc1)c1ccc2c(=O)[nH][nH]c(=O)c2c1. The van der Waals surface area contributed by atoms with Crippen LogP contribution in [0.15, 0.2) is 58.1 Å². The molecule has 2 aromatic carbocycles. The minimum Gasteiger partial charge on any atom is -0.377 e. The predicted molar refractivity (Wildman–Crippen MR) is 98.2 cm³/mol. The molecule has 3 rings (SSSR count). The van der Waals surface area contributed by atoms with Crippen molar-refractivity contribution in [3.05, 3.63) is 80.4 Å². The van der Waals surface area contributed by atoms with Gasteiger partial charge in [-0.2, -0.15) is 0 Å². The van der Waals surface area contributed by atoms with Gasteiger partial charge in [0.05, 0.1) is 17.4 Å². The third kappa shape index (κ3) is 4.25. The van der Waals surface area contributed by atoms with Crippen LogP contribution in [0.2, 0.25) is 0 Å². The van der Waals surface area contributed by atoms with Gasteiger partial charge < -0.3 is 10.1 Å². The van der Waals surface area contributed by atoms with Crippen molar-refractivity contribution in [1.82, 2.24) is 15.5 Å². The van der Waals surface area contributed by atoms with Gasteiger partial charge >= 0.3 is 0 Å². The number of nitrogens with one attached hydrogen (secondary N) is 3. The quantitative estimate of drug-likeness (QED) is 0.561. The average Bonchev–Trinajstić information content (AvgIpc) is 2.68. The molecule has 1 heterocycles. The van der Waals surface area contributed by atoms with Crippen molar-refractivity contribution in [2.24, 2.45) is 0 Å². The maximum atomic E-state index is 12.2. The lowest BCUT2D eigenvalue weighted by atomic mass is 10.1. The number of ether oxygens (including phenoxy) is 1. The minimum absolute atomic E-state index is 0.188. The standard InChI is InChI=1S/C19H19N3O4/c23-17(20-9-4-10-26-12-13-5-2-1-3-6-13)14-7-8-15-16(11-14)19(25)22-21-18(15)24/h1-3,5-8,11H,4,9-10,12H2,(H,20,23)(H,21,24)(H,22,25). The van der Waals surface area contributed by atoms with E-state index in [4.69, 9.17) is 4.74 Å². The molecule has 3 N–H and O–H groups in total. The summed E-state index contributed by atoms with van der Waals surface area (Å²) in [7, 11) is 0. The van der Waals surface area contributed by atoms with Crippen molar-refractivity contribution in [1.29, 1.82) is 0 Å². The van der Waals surface area contributed by atoms with Crippen LogP contribution in [0.3, 0.4) is 0 Å². The Kier molecular flexibility index (Phi) is 5.60. The molecular formula is C19H19N3O4. The van der Waals surface area contributed by atoms with Gasteiger partial charge in [0.1, 0.15) is 0 Å². The molecule has 7 nitrogen and oxygen atoms in total. The van der Waals surface area contributed by atoms with Gasteiger partial charge in [-0.1, -0.05) is 30.3 Å². The van der Waals surface area contributed by atoms with Crippen molar-refractivity contribution in [2.75, 3.05) is 13.2 Å². The summed E-state index contributed by atoms with van der Waals surface area (Å²) in [5, 5.41) is 7.71. The maximum Gasteiger partial charge on any atom is 0.270 e. The van der Waals surface area contributed by atoms with Crippen LogP contribution in [-0.4, -0.2) is 29.3 Å². The van der Waals surface area contributed by atoms with E-state index in [1.807, 2.05) is 30.3 Å². The van der Waals surface area contributed by atoms with E-state index < -0.39 is 11.1 Å². The van der Waals surface area contributed by atoms with Crippen molar-refractivity contribution < 1.29 is 9.53 Å². The van der Waals surface area contributed by atoms with Gasteiger partial charge in [-0.05, 0) is 30.2 Å². The van der Waals surface area contributed by atoms with E-state index in [2.05, 4.69) is 15.5 Å². The predicted octanol–water partition coefficient (Wildman–Crippen LogP) is 1.55. The smallest absolute Gasteiger partial charge is 0.270 e. The summed E-state index contributed by atoms with van der Waals surface area (Å²) in [6.45, 7) is 1.52. The number of aromatic amines is 2. The molecule has 134 valence electrons. The van der Waals surface area contributed by atoms with E-state index in [9.17, 15) is 14.4 Å². The molecule has 7 heteroatoms. The van der Waals surface area contributed by atoms with Gasteiger partial charge in [-0.15, -0.1) is 0 Å². The summed E-state index contributed by atoms with van der Waals surface area (Å²) in [5.74, 6) is -0.297. The number of hydrogen-bond acceptors (Lipinski definition) is 4. The largest absolute Gasteiger partial charge is 0.377 e. The highest BCUT2D eigenvalue weighted by Gasteiger charge is 2.09. The molecular weight excluding hydrogens is 334 g/mol. The second kappa shape index (κ2) is 8.26. The molecule has 0 aliphatic carbocycles. The molecule has 3 aromatic rings. The Morgan fingerprint density at radius 1 is 0.962 bits per heavy atom. The van der Waals surface area contributed by atoms with Crippen LogP contribution in [0.1, 0.15) is 22.3 Å². The molecule has 0 aliphatic heterocycles. The van der Waals surface area contributed by atoms with E-state index in [1.54, 1.807) is 0 Å². The van der Waals surface area contributed by atoms with E-state index >= 15 is 0 Å². The number of aromatic nitrogens is 2. The average molecular weight is 353 g/mol. The Balaban J connectivity index is 1.49. The third-order valence-corrected chi connectivity index (χ3v) is 3.92. The summed E-state index contributed by atoms with van der Waals surface area (Å²) >= 11 is 0. The van der Waals surface area contributed by atoms with E-state index in [-0.39, 0.29) is 16.7 Å². The van der Waals surface area contributed by atoms with E-state index in [1.165, 1.54) is 18.2 Å². The molecule has 0 fully saturated rings. The number of benzene rings is 2. The van der Waals surface area contributed by atoms with Gasteiger partial charge in [0.15, 0.2) is 0 Å². The van der Waals surface area contributed by atoms with Gasteiger partial charge in [-0.3, -0.25) is 24.6 Å². The highest BCUT2D eigenvalue weighted by atomic mass is 16.5. The number of hydrogen-bond donors (Lipinski definition) is 3. The normalized spacial score (nSPS) is 10.8. The van der Waals surface area contributed by atoms with Crippen LogP contribution in [0.25, 0.3) is 10.8 Å². The number of rotatable bonds is 7. The van der Waals surface area contributed by atoms with Crippen molar-refractivity contribution in [3.8, 4) is 0 Å². The number of fused-ring (bicyclic) bond motifs is 1. The fraction of sp³-hybridized carbons (Fsp3) is 0.211. The molecule has 1 amide bonds. The summed E-state index contributed by atoms with van der Waals surface area (Å²) in [6.07, 6.45) is 0.673. The summed E-state index contributed by atoms with van der Waals surface area (Å²) < 4.78 is 5.56. The number of H-pyrrole nitrogens is 2. The summed E-state index contributed by atoms with van der Waals surface area (Å²) in [4.78, 5) is 35.6. The van der Waals surface area contributed by atoms with Crippen LogP contribution in [0.5, 0.6) is 0 Å². The maximum absolute atomic E-state index is 12.2. The second-order valence-electron chi connectivity index (χ2n) is 5.82. The Morgan fingerprint density at radius 3 is 2.46 bits per heavy atom. The molecule has 0 saturated heterocycles. The number of amides is 1. The van der Waals surface area contributed by atoms with Gasteiger partial charge in [0.25, 0.3) is 17.0 Å². The molecule has 0 unspecified atom stereocenters. The molecule has 26 heavy (non-hydrogen) atoms. The highest BCUT2D eigenvalue weighted by molar-refractivity contribution is 5.98. The molecule has 0 saturated carbocycles. The zero-order valence-electron chi connectivity index (χ0n) is 14.1. The Labute approximate surface area is 149 Å². The van der Waals surface area contributed by atoms with Crippen LogP contribution in [0, 0.1) is 0 Å². The molecule has 0 bridgehead atoms. The molecule has 0 spiro atoms. The van der Waals surface area contributed by atoms with E-state index in [0.29, 0.717) is 31.7 Å². The van der Waals surface area contributed by atoms with Crippen LogP contribution in [0.4, 0.5) is 0 Å². The summed E-state index contributed by atoms with van der Waals surface area (Å²) in [6, 6.07) is 14.3. The van der Waals surface area contributed by atoms with Gasteiger partial charge in [0.2, 0.25) is 0 Å². The Bertz CT molecular complexity index is 1010. The molecule has 0 atom stereocenters. The van der Waals surface area contributed by atoms with Crippen molar-refractivity contribution in [2.45, 2.75) is 13.0 Å². The number of carbonyl (C=O) groups excluding carboxylic acids is 1. The first-order valence-corrected chi connectivity index (χ1v) is 8.30. The van der Waals surface area contributed by atoms with Crippen LogP contribution < -0.4 is 16.4 Å². The fourth-order valence-corrected chi connectivity index (χ4v) is 2.56. The first kappa shape index (κ1) is 17.6. The van der Waals surface area contributed by atoms with Gasteiger partial charge in [-0.25, -0.2) is 0 Å². The first-order chi connectivity index (χ1) is 12.6. The zero-order valence-corrected chi connectivity index (χ0v) is 14.1. The molecule has 0 aliphatic rings. The zero-order chi connectivity index (χ0) is 18.4. The van der Waals surface area contributed by atoms with Crippen molar-refractivity contribution in [3.63, 3.8) is 0 Å². The molecule has 1 aromatic heterocycles. The second-order valence-corrected chi connectivity index (χ2v) is 5.82. The van der Waals surface area contributed by atoms with Crippen molar-refractivity contribution >= 4 is 16.7 Å². The molecule has 0 radical (unpaired) electrons. The monoisotopic (exact) mass is 353 g/mol. The van der Waals surface area contributed by atoms with Gasteiger partial charge in [0, 0.05) is 18.7 Å². The first-order valence-electron chi connectivity index (χ1n) is 8.30. The van der Waals surface area contributed by atoms with E-state index in [0.717, 1.165) is 5.56 Å². The number of carbonyl (C=O) groups is 1. The highest BCUT2D eigenvalue weighted by Crippen LogP contribution is 2.08. The minimum atomic E-state index is -0.441. The Hall–Kier alpha value is -3.19. The fourth-order valence-electron chi connectivity index (χ4n) is 2.56. The van der Waals surface area contributed by atoms with Crippen LogP contribution in [-0.2, 0) is 11.3 Å². The lowest BCUT2D eigenvalue weighted by Gasteiger charge is -2.07. The lowest BCUT2D eigenvalue weighted by Crippen LogP contribution is -2.26. The summed E-state index contributed by atoms with van der Waals surface area (Å²) in [5.41, 5.74) is 0.595. The topological polar surface area (TPSA) is 104 Å². The third-order valence-electron chi connectivity index (χ3n) is 3.92. The van der Waals surface area contributed by atoms with Crippen LogP contribution >= 0.6 is 0 Å². The Morgan fingerprint density at radius 2 is 1.69 bits per heavy atom.